The molecule has 3 aromatic carbocycles. The van der Waals surface area contributed by atoms with Crippen molar-refractivity contribution >= 4 is 43.2 Å². The molecule has 0 atom stereocenters. The smallest absolute Gasteiger partial charge is 0.308 e. The first-order valence-corrected chi connectivity index (χ1v) is 14.3. The van der Waals surface area contributed by atoms with Crippen LogP contribution in [0.5, 0.6) is 0 Å². The summed E-state index contributed by atoms with van der Waals surface area (Å²) in [5.41, 5.74) is 3.54. The highest BCUT2D eigenvalue weighted by atomic mass is 35.5. The number of aromatic nitrogens is 1. The van der Waals surface area contributed by atoms with Gasteiger partial charge in [0, 0.05) is 31.2 Å². The molecular formula is C26H26ClN3O4S2. The molecule has 0 unspecified atom stereocenters. The van der Waals surface area contributed by atoms with Crippen molar-refractivity contribution in [1.29, 1.82) is 0 Å². The number of ether oxygens (including phenoxy) is 1. The predicted octanol–water partition coefficient (Wildman–Crippen LogP) is 4.08. The second kappa shape index (κ2) is 10.8. The molecule has 1 aromatic heterocycles. The molecule has 7 nitrogen and oxygen atoms in total. The van der Waals surface area contributed by atoms with Crippen molar-refractivity contribution in [3.8, 4) is 0 Å². The SMILES string of the molecule is O=c1sc2cc(S(=O)(=O)NCc3cccc(CN4CCOCC4)c3)ccc2n1Cc1ccccc1Cl. The number of nitrogens with one attached hydrogen (secondary N) is 1. The Morgan fingerprint density at radius 1 is 0.944 bits per heavy atom. The molecule has 2 heterocycles. The lowest BCUT2D eigenvalue weighted by Crippen LogP contribution is -2.35. The fraction of sp³-hybridized carbons (Fsp3) is 0.269. The minimum absolute atomic E-state index is 0.130. The zero-order chi connectivity index (χ0) is 25.1. The Kier molecular flexibility index (Phi) is 7.57. The summed E-state index contributed by atoms with van der Waals surface area (Å²) in [6.07, 6.45) is 0. The van der Waals surface area contributed by atoms with Crippen LogP contribution in [0.25, 0.3) is 10.2 Å². The summed E-state index contributed by atoms with van der Waals surface area (Å²) in [6.45, 7) is 4.58. The molecule has 36 heavy (non-hydrogen) atoms. The third kappa shape index (κ3) is 5.72. The molecule has 0 aliphatic carbocycles. The predicted molar refractivity (Wildman–Crippen MR) is 143 cm³/mol. The summed E-state index contributed by atoms with van der Waals surface area (Å²) in [4.78, 5) is 15.0. The van der Waals surface area contributed by atoms with E-state index in [0.29, 0.717) is 21.8 Å². The van der Waals surface area contributed by atoms with Gasteiger partial charge < -0.3 is 4.74 Å². The molecule has 0 amide bonds. The van der Waals surface area contributed by atoms with E-state index in [-0.39, 0.29) is 16.3 Å². The van der Waals surface area contributed by atoms with Crippen LogP contribution in [0.3, 0.4) is 0 Å². The maximum atomic E-state index is 13.0. The first-order chi connectivity index (χ1) is 17.4. The monoisotopic (exact) mass is 543 g/mol. The first kappa shape index (κ1) is 25.1. The highest BCUT2D eigenvalue weighted by Crippen LogP contribution is 2.24. The molecule has 1 aliphatic rings. The van der Waals surface area contributed by atoms with Crippen molar-refractivity contribution in [2.75, 3.05) is 26.3 Å². The van der Waals surface area contributed by atoms with Crippen molar-refractivity contribution in [2.24, 2.45) is 0 Å². The van der Waals surface area contributed by atoms with Gasteiger partial charge in [0.1, 0.15) is 0 Å². The van der Waals surface area contributed by atoms with Gasteiger partial charge in [-0.15, -0.1) is 0 Å². The summed E-state index contributed by atoms with van der Waals surface area (Å²) < 4.78 is 36.4. The van der Waals surface area contributed by atoms with Crippen molar-refractivity contribution in [3.05, 3.63) is 98.1 Å². The fourth-order valence-electron chi connectivity index (χ4n) is 4.28. The van der Waals surface area contributed by atoms with Gasteiger partial charge in [-0.3, -0.25) is 14.3 Å². The van der Waals surface area contributed by atoms with E-state index in [0.717, 1.165) is 60.9 Å². The average molecular weight is 544 g/mol. The minimum atomic E-state index is -3.76. The van der Waals surface area contributed by atoms with Gasteiger partial charge in [-0.2, -0.15) is 0 Å². The number of thiazole rings is 1. The Hall–Kier alpha value is -2.53. The van der Waals surface area contributed by atoms with Crippen molar-refractivity contribution in [3.63, 3.8) is 0 Å². The average Bonchev–Trinajstić information content (AvgIpc) is 3.19. The van der Waals surface area contributed by atoms with Crippen LogP contribution in [0.15, 0.2) is 76.4 Å². The quantitative estimate of drug-likeness (QED) is 0.362. The second-order valence-electron chi connectivity index (χ2n) is 8.71. The topological polar surface area (TPSA) is 80.6 Å². The zero-order valence-electron chi connectivity index (χ0n) is 19.5. The van der Waals surface area contributed by atoms with E-state index in [4.69, 9.17) is 16.3 Å². The van der Waals surface area contributed by atoms with E-state index >= 15 is 0 Å². The highest BCUT2D eigenvalue weighted by molar-refractivity contribution is 7.89. The Morgan fingerprint density at radius 3 is 2.53 bits per heavy atom. The summed E-state index contributed by atoms with van der Waals surface area (Å²) in [6, 6.07) is 20.1. The van der Waals surface area contributed by atoms with Crippen LogP contribution in [0.1, 0.15) is 16.7 Å². The largest absolute Gasteiger partial charge is 0.379 e. The molecule has 1 fully saturated rings. The molecule has 1 N–H and O–H groups in total. The summed E-state index contributed by atoms with van der Waals surface area (Å²) in [5.74, 6) is 0. The zero-order valence-corrected chi connectivity index (χ0v) is 21.9. The number of morpholine rings is 1. The van der Waals surface area contributed by atoms with E-state index in [1.807, 2.05) is 36.4 Å². The van der Waals surface area contributed by atoms with E-state index < -0.39 is 10.0 Å². The van der Waals surface area contributed by atoms with Crippen LogP contribution in [0.4, 0.5) is 0 Å². The molecule has 4 aromatic rings. The number of hydrogen-bond donors (Lipinski definition) is 1. The number of fused-ring (bicyclic) bond motifs is 1. The van der Waals surface area contributed by atoms with Crippen LogP contribution >= 0.6 is 22.9 Å². The van der Waals surface area contributed by atoms with Gasteiger partial charge >= 0.3 is 4.87 Å². The summed E-state index contributed by atoms with van der Waals surface area (Å²) >= 11 is 7.29. The van der Waals surface area contributed by atoms with Gasteiger partial charge in [0.2, 0.25) is 10.0 Å². The molecule has 0 saturated carbocycles. The second-order valence-corrected chi connectivity index (χ2v) is 11.9. The van der Waals surface area contributed by atoms with Gasteiger partial charge in [0.25, 0.3) is 0 Å². The number of sulfonamides is 1. The van der Waals surface area contributed by atoms with Gasteiger partial charge in [-0.05, 0) is 41.0 Å². The molecule has 188 valence electrons. The standard InChI is InChI=1S/C26H26ClN3O4S2/c27-23-7-2-1-6-21(23)18-30-24-9-8-22(15-25(24)35-26(30)31)36(32,33)28-16-19-4-3-5-20(14-19)17-29-10-12-34-13-11-29/h1-9,14-15,28H,10-13,16-18H2. The number of rotatable bonds is 8. The lowest BCUT2D eigenvalue weighted by atomic mass is 10.1. The number of hydrogen-bond acceptors (Lipinski definition) is 6. The molecule has 5 rings (SSSR count). The Morgan fingerprint density at radius 2 is 1.72 bits per heavy atom. The van der Waals surface area contributed by atoms with Gasteiger partial charge in [0.15, 0.2) is 0 Å². The van der Waals surface area contributed by atoms with Crippen molar-refractivity contribution in [1.82, 2.24) is 14.2 Å². The van der Waals surface area contributed by atoms with E-state index in [9.17, 15) is 13.2 Å². The van der Waals surface area contributed by atoms with Gasteiger partial charge in [-0.25, -0.2) is 13.1 Å². The lowest BCUT2D eigenvalue weighted by Gasteiger charge is -2.26. The number of benzene rings is 3. The molecule has 10 heteroatoms. The van der Waals surface area contributed by atoms with Gasteiger partial charge in [-0.1, -0.05) is 65.4 Å². The highest BCUT2D eigenvalue weighted by Gasteiger charge is 2.18. The third-order valence-electron chi connectivity index (χ3n) is 6.20. The maximum absolute atomic E-state index is 13.0. The molecule has 0 radical (unpaired) electrons. The summed E-state index contributed by atoms with van der Waals surface area (Å²) in [7, 11) is -3.76. The summed E-state index contributed by atoms with van der Waals surface area (Å²) in [5, 5.41) is 0.584. The van der Waals surface area contributed by atoms with E-state index in [2.05, 4.69) is 15.7 Å². The maximum Gasteiger partial charge on any atom is 0.308 e. The van der Waals surface area contributed by atoms with Crippen molar-refractivity contribution in [2.45, 2.75) is 24.5 Å². The molecule has 0 spiro atoms. The first-order valence-electron chi connectivity index (χ1n) is 11.6. The molecular weight excluding hydrogens is 518 g/mol. The number of halogens is 1. The van der Waals surface area contributed by atoms with E-state index in [1.165, 1.54) is 6.07 Å². The lowest BCUT2D eigenvalue weighted by molar-refractivity contribution is 0.0342. The third-order valence-corrected chi connectivity index (χ3v) is 8.91. The fourth-order valence-corrected chi connectivity index (χ4v) is 6.52. The molecule has 1 saturated heterocycles. The van der Waals surface area contributed by atoms with Crippen molar-refractivity contribution < 1.29 is 13.2 Å². The Labute approximate surface area is 218 Å². The normalized spacial score (nSPS) is 14.9. The van der Waals surface area contributed by atoms with Gasteiger partial charge in [0.05, 0.1) is 34.9 Å². The molecule has 0 bridgehead atoms. The Balaban J connectivity index is 1.31. The van der Waals surface area contributed by atoms with Crippen LogP contribution < -0.4 is 9.60 Å². The number of nitrogens with zero attached hydrogens (tertiary/aromatic N) is 2. The van der Waals surface area contributed by atoms with Crippen LogP contribution in [0, 0.1) is 0 Å². The Bertz CT molecular complexity index is 1540. The van der Waals surface area contributed by atoms with Crippen LogP contribution in [0.2, 0.25) is 5.02 Å². The van der Waals surface area contributed by atoms with E-state index in [1.54, 1.807) is 22.8 Å². The molecule has 1 aliphatic heterocycles. The van der Waals surface area contributed by atoms with Crippen LogP contribution in [-0.4, -0.2) is 44.2 Å². The minimum Gasteiger partial charge on any atom is -0.379 e. The van der Waals surface area contributed by atoms with Crippen LogP contribution in [-0.2, 0) is 34.4 Å².